The summed E-state index contributed by atoms with van der Waals surface area (Å²) in [4.78, 5) is 12.3. The molecule has 1 N–H and O–H groups in total. The molecule has 0 heterocycles. The van der Waals surface area contributed by atoms with E-state index in [-0.39, 0.29) is 11.5 Å². The Labute approximate surface area is 105 Å². The van der Waals surface area contributed by atoms with Crippen molar-refractivity contribution in [1.29, 1.82) is 0 Å². The largest absolute Gasteiger partial charge is 0.508 e. The van der Waals surface area contributed by atoms with E-state index < -0.39 is 0 Å². The van der Waals surface area contributed by atoms with Crippen molar-refractivity contribution in [3.8, 4) is 22.6 Å². The smallest absolute Gasteiger partial charge is 0.194 e. The fourth-order valence-corrected chi connectivity index (χ4v) is 2.51. The summed E-state index contributed by atoms with van der Waals surface area (Å²) >= 11 is 0. The zero-order chi connectivity index (χ0) is 12.9. The number of carbonyl (C=O) groups excluding carboxylic acids is 1. The molecule has 0 saturated heterocycles. The van der Waals surface area contributed by atoms with Crippen LogP contribution in [-0.4, -0.2) is 18.0 Å². The summed E-state index contributed by atoms with van der Waals surface area (Å²) in [5.74, 6) is 0.731. The third-order valence-electron chi connectivity index (χ3n) is 3.31. The highest BCUT2D eigenvalue weighted by atomic mass is 16.5. The van der Waals surface area contributed by atoms with E-state index in [0.29, 0.717) is 16.9 Å². The van der Waals surface area contributed by atoms with Gasteiger partial charge in [-0.2, -0.15) is 0 Å². The van der Waals surface area contributed by atoms with Crippen LogP contribution in [0, 0.1) is 6.92 Å². The number of aryl methyl sites for hydroxylation is 1. The van der Waals surface area contributed by atoms with E-state index in [1.54, 1.807) is 19.2 Å². The van der Waals surface area contributed by atoms with Crippen LogP contribution in [-0.2, 0) is 0 Å². The van der Waals surface area contributed by atoms with Gasteiger partial charge in [0.15, 0.2) is 5.78 Å². The van der Waals surface area contributed by atoms with Crippen LogP contribution >= 0.6 is 0 Å². The van der Waals surface area contributed by atoms with E-state index in [1.165, 1.54) is 6.07 Å². The molecule has 0 unspecified atom stereocenters. The second-order valence-corrected chi connectivity index (χ2v) is 4.43. The lowest BCUT2D eigenvalue weighted by molar-refractivity contribution is 0.104. The number of rotatable bonds is 1. The topological polar surface area (TPSA) is 46.5 Å². The van der Waals surface area contributed by atoms with Crippen LogP contribution < -0.4 is 4.74 Å². The second-order valence-electron chi connectivity index (χ2n) is 4.43. The number of phenols is 1. The van der Waals surface area contributed by atoms with Gasteiger partial charge in [-0.05, 0) is 53.9 Å². The normalized spacial score (nSPS) is 12.2. The number of methoxy groups -OCH3 is 1. The van der Waals surface area contributed by atoms with Crippen LogP contribution in [0.4, 0.5) is 0 Å². The Kier molecular flexibility index (Phi) is 2.17. The molecule has 0 fully saturated rings. The molecule has 1 aliphatic carbocycles. The minimum Gasteiger partial charge on any atom is -0.508 e. The lowest BCUT2D eigenvalue weighted by Crippen LogP contribution is -1.95. The van der Waals surface area contributed by atoms with Crippen LogP contribution in [0.15, 0.2) is 30.3 Å². The fraction of sp³-hybridized carbons (Fsp3) is 0.133. The van der Waals surface area contributed by atoms with Gasteiger partial charge in [-0.3, -0.25) is 4.79 Å². The fourth-order valence-electron chi connectivity index (χ4n) is 2.51. The van der Waals surface area contributed by atoms with Crippen molar-refractivity contribution in [2.75, 3.05) is 7.11 Å². The second kappa shape index (κ2) is 3.60. The van der Waals surface area contributed by atoms with Crippen LogP contribution in [0.1, 0.15) is 21.5 Å². The molecule has 2 aromatic rings. The van der Waals surface area contributed by atoms with Gasteiger partial charge in [0.1, 0.15) is 11.5 Å². The highest BCUT2D eigenvalue weighted by molar-refractivity contribution is 6.22. The summed E-state index contributed by atoms with van der Waals surface area (Å²) in [6.45, 7) is 1.89. The molecule has 1 aliphatic rings. The molecule has 0 aromatic heterocycles. The van der Waals surface area contributed by atoms with Gasteiger partial charge in [0.25, 0.3) is 0 Å². The number of ketones is 1. The maximum absolute atomic E-state index is 12.3. The SMILES string of the molecule is COc1ccc2c(c1)C(=O)c1cc(O)cc(C)c1-2. The first kappa shape index (κ1) is 10.8. The first-order valence-corrected chi connectivity index (χ1v) is 5.68. The predicted octanol–water partition coefficient (Wildman–Crippen LogP) is 2.92. The maximum Gasteiger partial charge on any atom is 0.194 e. The minimum atomic E-state index is -0.0575. The number of hydrogen-bond donors (Lipinski definition) is 1. The van der Waals surface area contributed by atoms with E-state index >= 15 is 0 Å². The van der Waals surface area contributed by atoms with Gasteiger partial charge in [-0.15, -0.1) is 0 Å². The molecule has 90 valence electrons. The van der Waals surface area contributed by atoms with Crippen LogP contribution in [0.2, 0.25) is 0 Å². The van der Waals surface area contributed by atoms with Crippen molar-refractivity contribution in [2.24, 2.45) is 0 Å². The minimum absolute atomic E-state index is 0.0575. The Morgan fingerprint density at radius 1 is 1.06 bits per heavy atom. The van der Waals surface area contributed by atoms with Crippen LogP contribution in [0.25, 0.3) is 11.1 Å². The summed E-state index contributed by atoms with van der Waals surface area (Å²) in [6.07, 6.45) is 0. The first-order valence-electron chi connectivity index (χ1n) is 5.68. The number of phenolic OH excluding ortho intramolecular Hbond substituents is 1. The van der Waals surface area contributed by atoms with Gasteiger partial charge in [0, 0.05) is 11.1 Å². The van der Waals surface area contributed by atoms with Crippen molar-refractivity contribution in [3.63, 3.8) is 0 Å². The van der Waals surface area contributed by atoms with Crippen molar-refractivity contribution in [3.05, 3.63) is 47.0 Å². The van der Waals surface area contributed by atoms with Gasteiger partial charge in [-0.25, -0.2) is 0 Å². The Morgan fingerprint density at radius 3 is 2.56 bits per heavy atom. The van der Waals surface area contributed by atoms with E-state index in [2.05, 4.69) is 0 Å². The number of ether oxygens (including phenoxy) is 1. The molecule has 3 nitrogen and oxygen atoms in total. The van der Waals surface area contributed by atoms with Crippen molar-refractivity contribution < 1.29 is 14.6 Å². The highest BCUT2D eigenvalue weighted by Crippen LogP contribution is 2.41. The predicted molar refractivity (Wildman–Crippen MR) is 68.3 cm³/mol. The van der Waals surface area contributed by atoms with E-state index in [1.807, 2.05) is 19.1 Å². The zero-order valence-electron chi connectivity index (χ0n) is 10.2. The van der Waals surface area contributed by atoms with Gasteiger partial charge in [0.05, 0.1) is 7.11 Å². The first-order chi connectivity index (χ1) is 8.61. The molecule has 3 rings (SSSR count). The highest BCUT2D eigenvalue weighted by Gasteiger charge is 2.28. The van der Waals surface area contributed by atoms with E-state index in [9.17, 15) is 9.90 Å². The summed E-state index contributed by atoms with van der Waals surface area (Å²) < 4.78 is 5.14. The molecule has 0 spiro atoms. The molecule has 0 bridgehead atoms. The average molecular weight is 240 g/mol. The van der Waals surface area contributed by atoms with Crippen molar-refractivity contribution in [2.45, 2.75) is 6.92 Å². The number of aromatic hydroxyl groups is 1. The van der Waals surface area contributed by atoms with Gasteiger partial charge < -0.3 is 9.84 Å². The van der Waals surface area contributed by atoms with E-state index in [0.717, 1.165) is 16.7 Å². The van der Waals surface area contributed by atoms with Gasteiger partial charge >= 0.3 is 0 Å². The molecular formula is C15H12O3. The third-order valence-corrected chi connectivity index (χ3v) is 3.31. The van der Waals surface area contributed by atoms with Crippen LogP contribution in [0.3, 0.4) is 0 Å². The number of hydrogen-bond acceptors (Lipinski definition) is 3. The quantitative estimate of drug-likeness (QED) is 0.711. The third kappa shape index (κ3) is 1.34. The van der Waals surface area contributed by atoms with Gasteiger partial charge in [-0.1, -0.05) is 0 Å². The molecule has 0 amide bonds. The lowest BCUT2D eigenvalue weighted by atomic mass is 10.00. The zero-order valence-corrected chi connectivity index (χ0v) is 10.2. The average Bonchev–Trinajstić information content (AvgIpc) is 2.63. The molecule has 0 atom stereocenters. The Hall–Kier alpha value is -2.29. The van der Waals surface area contributed by atoms with Gasteiger partial charge in [0.2, 0.25) is 0 Å². The molecule has 0 radical (unpaired) electrons. The maximum atomic E-state index is 12.3. The molecule has 0 aliphatic heterocycles. The Morgan fingerprint density at radius 2 is 1.83 bits per heavy atom. The molecular weight excluding hydrogens is 228 g/mol. The van der Waals surface area contributed by atoms with Crippen LogP contribution in [0.5, 0.6) is 11.5 Å². The summed E-state index contributed by atoms with van der Waals surface area (Å²) in [7, 11) is 1.57. The molecule has 0 saturated carbocycles. The van der Waals surface area contributed by atoms with Crippen molar-refractivity contribution in [1.82, 2.24) is 0 Å². The monoisotopic (exact) mass is 240 g/mol. The Bertz CT molecular complexity index is 672. The molecule has 3 heteroatoms. The lowest BCUT2D eigenvalue weighted by Gasteiger charge is -2.06. The summed E-state index contributed by atoms with van der Waals surface area (Å²) in [5, 5.41) is 9.60. The standard InChI is InChI=1S/C15H12O3/c1-8-5-9(16)6-13-14(8)11-4-3-10(18-2)7-12(11)15(13)17/h3-7,16H,1-2H3. The number of fused-ring (bicyclic) bond motifs is 3. The van der Waals surface area contributed by atoms with Crippen molar-refractivity contribution >= 4 is 5.78 Å². The summed E-state index contributed by atoms with van der Waals surface area (Å²) in [5.41, 5.74) is 3.93. The summed E-state index contributed by atoms with van der Waals surface area (Å²) in [6, 6.07) is 8.67. The molecule has 18 heavy (non-hydrogen) atoms. The van der Waals surface area contributed by atoms with E-state index in [4.69, 9.17) is 4.74 Å². The number of benzene rings is 2. The Balaban J connectivity index is 2.32. The number of carbonyl (C=O) groups is 1. The molecule has 2 aromatic carbocycles.